The van der Waals surface area contributed by atoms with Crippen molar-refractivity contribution in [3.63, 3.8) is 0 Å². The van der Waals surface area contributed by atoms with Crippen molar-refractivity contribution in [1.82, 2.24) is 4.90 Å². The maximum absolute atomic E-state index is 5.61. The van der Waals surface area contributed by atoms with Gasteiger partial charge >= 0.3 is 0 Å². The summed E-state index contributed by atoms with van der Waals surface area (Å²) in [5.74, 6) is 0.915. The Bertz CT molecular complexity index is 384. The van der Waals surface area contributed by atoms with Gasteiger partial charge in [0.25, 0.3) is 0 Å². The molecule has 2 rings (SSSR count). The van der Waals surface area contributed by atoms with Crippen LogP contribution in [-0.4, -0.2) is 57.4 Å². The number of nitrogens with zero attached hydrogens (tertiary/aromatic N) is 2. The van der Waals surface area contributed by atoms with E-state index in [1.54, 1.807) is 7.11 Å². The van der Waals surface area contributed by atoms with E-state index in [4.69, 9.17) is 9.47 Å². The van der Waals surface area contributed by atoms with Crippen molar-refractivity contribution in [3.05, 3.63) is 24.3 Å². The van der Waals surface area contributed by atoms with Crippen molar-refractivity contribution in [2.24, 2.45) is 0 Å². The molecule has 4 heteroatoms. The number of benzene rings is 1. The Morgan fingerprint density at radius 2 is 1.70 bits per heavy atom. The Labute approximate surface area is 122 Å². The lowest BCUT2D eigenvalue weighted by molar-refractivity contribution is 0.0579. The standard InChI is InChI=1S/C16H26N2O2/c1-14(2)20-13-12-17-8-10-18(11-9-17)15-4-6-16(19-3)7-5-15/h4-7,14H,8-13H2,1-3H3. The summed E-state index contributed by atoms with van der Waals surface area (Å²) < 4.78 is 10.8. The van der Waals surface area contributed by atoms with E-state index in [1.165, 1.54) is 5.69 Å². The van der Waals surface area contributed by atoms with E-state index in [9.17, 15) is 0 Å². The van der Waals surface area contributed by atoms with E-state index in [1.807, 2.05) is 12.1 Å². The fourth-order valence-electron chi connectivity index (χ4n) is 2.44. The minimum Gasteiger partial charge on any atom is -0.497 e. The molecule has 0 radical (unpaired) electrons. The second-order valence-electron chi connectivity index (χ2n) is 5.45. The fourth-order valence-corrected chi connectivity index (χ4v) is 2.44. The lowest BCUT2D eigenvalue weighted by atomic mass is 10.2. The summed E-state index contributed by atoms with van der Waals surface area (Å²) >= 11 is 0. The molecular formula is C16H26N2O2. The van der Waals surface area contributed by atoms with Crippen LogP contribution in [0.5, 0.6) is 5.75 Å². The third-order valence-electron chi connectivity index (χ3n) is 3.67. The Kier molecular flexibility index (Phi) is 5.68. The van der Waals surface area contributed by atoms with E-state index in [0.29, 0.717) is 6.10 Å². The molecule has 1 heterocycles. The average Bonchev–Trinajstić information content (AvgIpc) is 2.48. The van der Waals surface area contributed by atoms with Crippen LogP contribution in [0, 0.1) is 0 Å². The number of ether oxygens (including phenoxy) is 2. The first-order valence-corrected chi connectivity index (χ1v) is 7.42. The Hall–Kier alpha value is -1.26. The van der Waals surface area contributed by atoms with Crippen molar-refractivity contribution in [1.29, 1.82) is 0 Å². The monoisotopic (exact) mass is 278 g/mol. The minimum absolute atomic E-state index is 0.329. The molecule has 0 amide bonds. The van der Waals surface area contributed by atoms with E-state index in [-0.39, 0.29) is 0 Å². The SMILES string of the molecule is COc1ccc(N2CCN(CCOC(C)C)CC2)cc1. The van der Waals surface area contributed by atoms with Gasteiger partial charge in [0.1, 0.15) is 5.75 Å². The summed E-state index contributed by atoms with van der Waals surface area (Å²) in [6.45, 7) is 10.4. The van der Waals surface area contributed by atoms with Gasteiger partial charge in [0.2, 0.25) is 0 Å². The summed E-state index contributed by atoms with van der Waals surface area (Å²) in [5.41, 5.74) is 1.28. The second-order valence-corrected chi connectivity index (χ2v) is 5.45. The number of hydrogen-bond donors (Lipinski definition) is 0. The maximum Gasteiger partial charge on any atom is 0.119 e. The number of rotatable bonds is 6. The number of methoxy groups -OCH3 is 1. The van der Waals surface area contributed by atoms with Crippen LogP contribution < -0.4 is 9.64 Å². The molecule has 0 bridgehead atoms. The van der Waals surface area contributed by atoms with Crippen molar-refractivity contribution < 1.29 is 9.47 Å². The highest BCUT2D eigenvalue weighted by atomic mass is 16.5. The predicted octanol–water partition coefficient (Wildman–Crippen LogP) is 2.24. The van der Waals surface area contributed by atoms with Crippen molar-refractivity contribution in [2.45, 2.75) is 20.0 Å². The third kappa shape index (κ3) is 4.39. The summed E-state index contributed by atoms with van der Waals surface area (Å²) in [7, 11) is 1.70. The highest BCUT2D eigenvalue weighted by molar-refractivity contribution is 5.49. The van der Waals surface area contributed by atoms with Gasteiger partial charge in [-0.25, -0.2) is 0 Å². The smallest absolute Gasteiger partial charge is 0.119 e. The molecule has 20 heavy (non-hydrogen) atoms. The van der Waals surface area contributed by atoms with Crippen LogP contribution in [0.1, 0.15) is 13.8 Å². The van der Waals surface area contributed by atoms with E-state index >= 15 is 0 Å². The molecule has 1 saturated heterocycles. The van der Waals surface area contributed by atoms with Crippen LogP contribution in [0.4, 0.5) is 5.69 Å². The average molecular weight is 278 g/mol. The lowest BCUT2D eigenvalue weighted by Gasteiger charge is -2.36. The van der Waals surface area contributed by atoms with Gasteiger partial charge in [0, 0.05) is 38.4 Å². The molecule has 1 aromatic carbocycles. The molecule has 112 valence electrons. The van der Waals surface area contributed by atoms with Crippen LogP contribution in [0.15, 0.2) is 24.3 Å². The van der Waals surface area contributed by atoms with E-state index < -0.39 is 0 Å². The molecular weight excluding hydrogens is 252 g/mol. The highest BCUT2D eigenvalue weighted by Crippen LogP contribution is 2.20. The van der Waals surface area contributed by atoms with Crippen LogP contribution in [0.3, 0.4) is 0 Å². The zero-order valence-corrected chi connectivity index (χ0v) is 12.8. The largest absolute Gasteiger partial charge is 0.497 e. The number of piperazine rings is 1. The predicted molar refractivity (Wildman–Crippen MR) is 82.7 cm³/mol. The van der Waals surface area contributed by atoms with Crippen molar-refractivity contribution >= 4 is 5.69 Å². The van der Waals surface area contributed by atoms with Crippen LogP contribution in [0.2, 0.25) is 0 Å². The van der Waals surface area contributed by atoms with Crippen LogP contribution in [0.25, 0.3) is 0 Å². The number of hydrogen-bond acceptors (Lipinski definition) is 4. The van der Waals surface area contributed by atoms with Gasteiger partial charge in [-0.2, -0.15) is 0 Å². The summed E-state index contributed by atoms with van der Waals surface area (Å²) in [5, 5.41) is 0. The number of anilines is 1. The van der Waals surface area contributed by atoms with Gasteiger partial charge in [0.05, 0.1) is 19.8 Å². The first-order chi connectivity index (χ1) is 9.69. The molecule has 4 nitrogen and oxygen atoms in total. The van der Waals surface area contributed by atoms with Gasteiger partial charge in [-0.3, -0.25) is 4.90 Å². The summed E-state index contributed by atoms with van der Waals surface area (Å²) in [6.07, 6.45) is 0.329. The van der Waals surface area contributed by atoms with E-state index in [2.05, 4.69) is 35.8 Å². The maximum atomic E-state index is 5.61. The third-order valence-corrected chi connectivity index (χ3v) is 3.67. The molecule has 0 unspecified atom stereocenters. The van der Waals surface area contributed by atoms with Gasteiger partial charge in [-0.15, -0.1) is 0 Å². The second kappa shape index (κ2) is 7.50. The lowest BCUT2D eigenvalue weighted by Crippen LogP contribution is -2.47. The molecule has 0 aliphatic carbocycles. The van der Waals surface area contributed by atoms with Crippen LogP contribution >= 0.6 is 0 Å². The first-order valence-electron chi connectivity index (χ1n) is 7.42. The molecule has 0 N–H and O–H groups in total. The Morgan fingerprint density at radius 3 is 2.25 bits per heavy atom. The van der Waals surface area contributed by atoms with E-state index in [0.717, 1.165) is 45.1 Å². The molecule has 0 saturated carbocycles. The van der Waals surface area contributed by atoms with Gasteiger partial charge in [-0.1, -0.05) is 0 Å². The quantitative estimate of drug-likeness (QED) is 0.797. The normalized spacial score (nSPS) is 16.7. The molecule has 1 aromatic rings. The molecule has 1 aliphatic heterocycles. The molecule has 0 atom stereocenters. The zero-order chi connectivity index (χ0) is 14.4. The van der Waals surface area contributed by atoms with Gasteiger partial charge in [-0.05, 0) is 38.1 Å². The molecule has 1 fully saturated rings. The summed E-state index contributed by atoms with van der Waals surface area (Å²) in [6, 6.07) is 8.32. The van der Waals surface area contributed by atoms with Gasteiger partial charge < -0.3 is 14.4 Å². The zero-order valence-electron chi connectivity index (χ0n) is 12.8. The Balaban J connectivity index is 1.75. The topological polar surface area (TPSA) is 24.9 Å². The van der Waals surface area contributed by atoms with Crippen LogP contribution in [-0.2, 0) is 4.74 Å². The molecule has 0 aromatic heterocycles. The van der Waals surface area contributed by atoms with Gasteiger partial charge in [0.15, 0.2) is 0 Å². The Morgan fingerprint density at radius 1 is 1.05 bits per heavy atom. The van der Waals surface area contributed by atoms with Crippen molar-refractivity contribution in [2.75, 3.05) is 51.3 Å². The molecule has 0 spiro atoms. The van der Waals surface area contributed by atoms with Crippen molar-refractivity contribution in [3.8, 4) is 5.75 Å². The summed E-state index contributed by atoms with van der Waals surface area (Å²) in [4.78, 5) is 4.90. The first kappa shape index (κ1) is 15.1. The molecule has 1 aliphatic rings. The highest BCUT2D eigenvalue weighted by Gasteiger charge is 2.16. The fraction of sp³-hybridized carbons (Fsp3) is 0.625. The minimum atomic E-state index is 0.329.